The molecule has 0 aromatic heterocycles. The van der Waals surface area contributed by atoms with Gasteiger partial charge in [-0.1, -0.05) is 12.5 Å². The van der Waals surface area contributed by atoms with Gasteiger partial charge in [0.25, 0.3) is 0 Å². The molecule has 0 amide bonds. The lowest BCUT2D eigenvalue weighted by atomic mass is 10.1. The number of hydrogen-bond acceptors (Lipinski definition) is 3. The molecule has 0 saturated heterocycles. The maximum absolute atomic E-state index is 13.7. The summed E-state index contributed by atoms with van der Waals surface area (Å²) in [6, 6.07) is 3.89. The van der Waals surface area contributed by atoms with Gasteiger partial charge in [-0.25, -0.2) is 17.5 Å². The Bertz CT molecular complexity index is 560. The van der Waals surface area contributed by atoms with E-state index in [0.717, 1.165) is 19.3 Å². The third-order valence-corrected chi connectivity index (χ3v) is 5.15. The number of nitrogens with one attached hydrogen (secondary N) is 1. The van der Waals surface area contributed by atoms with Gasteiger partial charge in [0.05, 0.1) is 0 Å². The summed E-state index contributed by atoms with van der Waals surface area (Å²) in [5.41, 5.74) is 6.34. The predicted octanol–water partition coefficient (Wildman–Crippen LogP) is 1.54. The topological polar surface area (TPSA) is 72.2 Å². The van der Waals surface area contributed by atoms with E-state index in [0.29, 0.717) is 12.1 Å². The first kappa shape index (κ1) is 14.4. The minimum absolute atomic E-state index is 0.141. The summed E-state index contributed by atoms with van der Waals surface area (Å²) >= 11 is 0. The van der Waals surface area contributed by atoms with Gasteiger partial charge < -0.3 is 5.73 Å². The van der Waals surface area contributed by atoms with Crippen LogP contribution in [0.2, 0.25) is 0 Å². The van der Waals surface area contributed by atoms with E-state index < -0.39 is 15.8 Å². The average molecular weight is 286 g/mol. The first-order valence-corrected chi connectivity index (χ1v) is 7.91. The second-order valence-electron chi connectivity index (χ2n) is 5.09. The van der Waals surface area contributed by atoms with Crippen LogP contribution in [0.3, 0.4) is 0 Å². The van der Waals surface area contributed by atoms with Gasteiger partial charge in [-0.3, -0.25) is 0 Å². The molecule has 1 aliphatic carbocycles. The highest BCUT2D eigenvalue weighted by atomic mass is 32.2. The molecule has 2 atom stereocenters. The van der Waals surface area contributed by atoms with Crippen molar-refractivity contribution in [3.8, 4) is 0 Å². The van der Waals surface area contributed by atoms with Crippen LogP contribution in [0.25, 0.3) is 0 Å². The Morgan fingerprint density at radius 3 is 2.84 bits per heavy atom. The number of nitrogens with two attached hydrogens (primary N) is 1. The molecule has 0 heterocycles. The van der Waals surface area contributed by atoms with Gasteiger partial charge in [0.15, 0.2) is 0 Å². The normalized spacial score (nSPS) is 23.7. The first-order valence-electron chi connectivity index (χ1n) is 6.42. The third-order valence-electron chi connectivity index (χ3n) is 3.64. The van der Waals surface area contributed by atoms with E-state index in [-0.39, 0.29) is 16.9 Å². The van der Waals surface area contributed by atoms with Crippen LogP contribution in [-0.2, 0) is 10.0 Å². The lowest BCUT2D eigenvalue weighted by molar-refractivity contribution is 0.451. The molecule has 1 saturated carbocycles. The standard InChI is InChI=1S/C13H19FN2O2S/c1-9-5-6-11(14)13(7-9)19(17,18)16-12-4-2-3-10(12)8-15/h5-7,10,12,16H,2-4,8,15H2,1H3/t10-,12+/m1/s1. The molecule has 2 rings (SSSR count). The predicted molar refractivity (Wildman–Crippen MR) is 71.6 cm³/mol. The molecule has 0 spiro atoms. The summed E-state index contributed by atoms with van der Waals surface area (Å²) in [5.74, 6) is -0.581. The van der Waals surface area contributed by atoms with Crippen LogP contribution in [0.1, 0.15) is 24.8 Å². The molecule has 0 bridgehead atoms. The molecule has 1 aliphatic rings. The molecule has 0 aliphatic heterocycles. The largest absolute Gasteiger partial charge is 0.330 e. The molecule has 0 unspecified atom stereocenters. The molecule has 106 valence electrons. The summed E-state index contributed by atoms with van der Waals surface area (Å²) in [6.07, 6.45) is 2.62. The molecule has 1 fully saturated rings. The fraction of sp³-hybridized carbons (Fsp3) is 0.538. The molecule has 0 radical (unpaired) electrons. The number of halogens is 1. The van der Waals surface area contributed by atoms with Crippen LogP contribution in [0.15, 0.2) is 23.1 Å². The van der Waals surface area contributed by atoms with Crippen LogP contribution >= 0.6 is 0 Å². The van der Waals surface area contributed by atoms with Crippen molar-refractivity contribution in [1.29, 1.82) is 0 Å². The fourth-order valence-electron chi connectivity index (χ4n) is 2.55. The lowest BCUT2D eigenvalue weighted by Crippen LogP contribution is -2.40. The quantitative estimate of drug-likeness (QED) is 0.882. The molecule has 3 N–H and O–H groups in total. The van der Waals surface area contributed by atoms with Gasteiger partial charge in [-0.15, -0.1) is 0 Å². The monoisotopic (exact) mass is 286 g/mol. The van der Waals surface area contributed by atoms with Crippen molar-refractivity contribution in [1.82, 2.24) is 4.72 Å². The summed E-state index contributed by atoms with van der Waals surface area (Å²) in [4.78, 5) is -0.282. The van der Waals surface area contributed by atoms with E-state index in [9.17, 15) is 12.8 Å². The Labute approximate surface area is 113 Å². The Balaban J connectivity index is 2.25. The minimum Gasteiger partial charge on any atom is -0.330 e. The van der Waals surface area contributed by atoms with Crippen LogP contribution in [0, 0.1) is 18.7 Å². The Morgan fingerprint density at radius 1 is 1.42 bits per heavy atom. The summed E-state index contributed by atoms with van der Waals surface area (Å²) < 4.78 is 40.7. The van der Waals surface area contributed by atoms with Crippen molar-refractivity contribution >= 4 is 10.0 Å². The SMILES string of the molecule is Cc1ccc(F)c(S(=O)(=O)N[C@H]2CCC[C@@H]2CN)c1. The summed E-state index contributed by atoms with van der Waals surface area (Å²) in [5, 5.41) is 0. The number of hydrogen-bond donors (Lipinski definition) is 2. The van der Waals surface area contributed by atoms with Gasteiger partial charge in [0.1, 0.15) is 10.7 Å². The highest BCUT2D eigenvalue weighted by Crippen LogP contribution is 2.26. The number of rotatable bonds is 4. The molecular weight excluding hydrogens is 267 g/mol. The van der Waals surface area contributed by atoms with Gasteiger partial charge in [0, 0.05) is 6.04 Å². The van der Waals surface area contributed by atoms with E-state index >= 15 is 0 Å². The number of sulfonamides is 1. The Hall–Kier alpha value is -0.980. The van der Waals surface area contributed by atoms with Crippen molar-refractivity contribution in [2.24, 2.45) is 11.7 Å². The Morgan fingerprint density at radius 2 is 2.16 bits per heavy atom. The zero-order chi connectivity index (χ0) is 14.0. The zero-order valence-corrected chi connectivity index (χ0v) is 11.7. The van der Waals surface area contributed by atoms with E-state index in [1.54, 1.807) is 13.0 Å². The van der Waals surface area contributed by atoms with Gasteiger partial charge in [-0.2, -0.15) is 0 Å². The second kappa shape index (κ2) is 5.56. The maximum atomic E-state index is 13.7. The number of aryl methyl sites for hydroxylation is 1. The maximum Gasteiger partial charge on any atom is 0.243 e. The van der Waals surface area contributed by atoms with E-state index in [2.05, 4.69) is 4.72 Å². The second-order valence-corrected chi connectivity index (χ2v) is 6.77. The minimum atomic E-state index is -3.82. The zero-order valence-electron chi connectivity index (χ0n) is 10.9. The fourth-order valence-corrected chi connectivity index (χ4v) is 4.06. The van der Waals surface area contributed by atoms with Crippen molar-refractivity contribution < 1.29 is 12.8 Å². The highest BCUT2D eigenvalue weighted by molar-refractivity contribution is 7.89. The summed E-state index contributed by atoms with van der Waals surface area (Å²) in [6.45, 7) is 2.18. The molecule has 1 aromatic rings. The van der Waals surface area contributed by atoms with Crippen molar-refractivity contribution in [3.05, 3.63) is 29.6 Å². The summed E-state index contributed by atoms with van der Waals surface area (Å²) in [7, 11) is -3.82. The van der Waals surface area contributed by atoms with Crippen molar-refractivity contribution in [2.75, 3.05) is 6.54 Å². The van der Waals surface area contributed by atoms with Crippen LogP contribution < -0.4 is 10.5 Å². The van der Waals surface area contributed by atoms with E-state index in [4.69, 9.17) is 5.73 Å². The third kappa shape index (κ3) is 3.13. The highest BCUT2D eigenvalue weighted by Gasteiger charge is 2.31. The molecular formula is C13H19FN2O2S. The van der Waals surface area contributed by atoms with Crippen molar-refractivity contribution in [3.63, 3.8) is 0 Å². The Kier molecular flexibility index (Phi) is 4.23. The molecule has 1 aromatic carbocycles. The molecule has 19 heavy (non-hydrogen) atoms. The van der Waals surface area contributed by atoms with Crippen LogP contribution in [0.5, 0.6) is 0 Å². The van der Waals surface area contributed by atoms with Crippen molar-refractivity contribution in [2.45, 2.75) is 37.1 Å². The van der Waals surface area contributed by atoms with E-state index in [1.165, 1.54) is 12.1 Å². The molecule has 6 heteroatoms. The molecule has 4 nitrogen and oxygen atoms in total. The van der Waals surface area contributed by atoms with Crippen LogP contribution in [0.4, 0.5) is 4.39 Å². The first-order chi connectivity index (χ1) is 8.94. The van der Waals surface area contributed by atoms with E-state index in [1.807, 2.05) is 0 Å². The average Bonchev–Trinajstić information content (AvgIpc) is 2.78. The lowest BCUT2D eigenvalue weighted by Gasteiger charge is -2.19. The smallest absolute Gasteiger partial charge is 0.243 e. The van der Waals surface area contributed by atoms with Gasteiger partial charge in [-0.05, 0) is 49.9 Å². The van der Waals surface area contributed by atoms with Crippen LogP contribution in [-0.4, -0.2) is 21.0 Å². The number of benzene rings is 1. The van der Waals surface area contributed by atoms with Gasteiger partial charge >= 0.3 is 0 Å². The van der Waals surface area contributed by atoms with Gasteiger partial charge in [0.2, 0.25) is 10.0 Å².